The van der Waals surface area contributed by atoms with Crippen molar-refractivity contribution in [3.05, 3.63) is 65.2 Å². The number of benzene rings is 2. The number of carbonyl (C=O) groups is 4. The quantitative estimate of drug-likeness (QED) is 0.279. The Morgan fingerprint density at radius 2 is 1.69 bits per heavy atom. The van der Waals surface area contributed by atoms with Gasteiger partial charge in [0.2, 0.25) is 17.7 Å². The molecule has 2 aromatic carbocycles. The maximum absolute atomic E-state index is 13.1. The van der Waals surface area contributed by atoms with Crippen LogP contribution in [0.2, 0.25) is 0 Å². The van der Waals surface area contributed by atoms with Crippen LogP contribution in [-0.2, 0) is 19.2 Å². The summed E-state index contributed by atoms with van der Waals surface area (Å²) >= 11 is 0. The Kier molecular flexibility index (Phi) is 6.02. The molecule has 3 aliphatic rings. The standard InChI is InChI=1S/C29H30N2O5/c1-16-10-17(2)12-21(11-16)30-15-20(14-25(30)32)29(35)36-22-8-9-24(19(4)13-22)31-27(33)23-7-5-6-18(3)26(23)28(31)34/h5-6,8-13,18,20,23,26H,7,14-15H2,1-4H3/t18-,20-,23-,26-/m0/s1. The Hall–Kier alpha value is -3.74. The smallest absolute Gasteiger partial charge is 0.316 e. The molecule has 0 aromatic heterocycles. The molecule has 2 aromatic rings. The van der Waals surface area contributed by atoms with E-state index in [0.29, 0.717) is 23.4 Å². The molecule has 7 heteroatoms. The molecule has 2 heterocycles. The van der Waals surface area contributed by atoms with Crippen LogP contribution in [-0.4, -0.2) is 30.2 Å². The van der Waals surface area contributed by atoms with Gasteiger partial charge in [-0.25, -0.2) is 4.90 Å². The van der Waals surface area contributed by atoms with Crippen LogP contribution in [0.15, 0.2) is 48.6 Å². The summed E-state index contributed by atoms with van der Waals surface area (Å²) in [5, 5.41) is 0. The largest absolute Gasteiger partial charge is 0.426 e. The fourth-order valence-electron chi connectivity index (χ4n) is 5.75. The lowest BCUT2D eigenvalue weighted by atomic mass is 9.78. The Balaban J connectivity index is 1.29. The molecule has 2 saturated heterocycles. The van der Waals surface area contributed by atoms with Gasteiger partial charge in [0.05, 0.1) is 23.4 Å². The van der Waals surface area contributed by atoms with Gasteiger partial charge in [-0.15, -0.1) is 0 Å². The number of amides is 3. The van der Waals surface area contributed by atoms with E-state index in [-0.39, 0.29) is 48.4 Å². The Labute approximate surface area is 210 Å². The summed E-state index contributed by atoms with van der Waals surface area (Å²) in [6, 6.07) is 10.8. The second-order valence-corrected chi connectivity index (χ2v) is 10.3. The maximum atomic E-state index is 13.1. The Bertz CT molecular complexity index is 1290. The van der Waals surface area contributed by atoms with E-state index >= 15 is 0 Å². The molecule has 0 bridgehead atoms. The second-order valence-electron chi connectivity index (χ2n) is 10.3. The first-order chi connectivity index (χ1) is 17.1. The van der Waals surface area contributed by atoms with Gasteiger partial charge in [0.1, 0.15) is 5.75 Å². The number of imide groups is 1. The molecule has 1 aliphatic carbocycles. The highest BCUT2D eigenvalue weighted by molar-refractivity contribution is 6.22. The van der Waals surface area contributed by atoms with Crippen LogP contribution in [0.4, 0.5) is 11.4 Å². The monoisotopic (exact) mass is 486 g/mol. The molecule has 0 N–H and O–H groups in total. The lowest BCUT2D eigenvalue weighted by molar-refractivity contribution is -0.139. The van der Waals surface area contributed by atoms with Crippen molar-refractivity contribution in [2.24, 2.45) is 23.7 Å². The normalized spacial score (nSPS) is 25.5. The summed E-state index contributed by atoms with van der Waals surface area (Å²) in [6.07, 6.45) is 4.64. The topological polar surface area (TPSA) is 84.0 Å². The predicted octanol–water partition coefficient (Wildman–Crippen LogP) is 4.27. The van der Waals surface area contributed by atoms with Crippen LogP contribution < -0.4 is 14.5 Å². The summed E-state index contributed by atoms with van der Waals surface area (Å²) in [6.45, 7) is 7.97. The molecule has 0 spiro atoms. The lowest BCUT2D eigenvalue weighted by Gasteiger charge is -2.22. The Morgan fingerprint density at radius 1 is 0.972 bits per heavy atom. The second kappa shape index (κ2) is 9.04. The van der Waals surface area contributed by atoms with E-state index in [1.165, 1.54) is 4.90 Å². The number of hydrogen-bond donors (Lipinski definition) is 0. The van der Waals surface area contributed by atoms with E-state index in [9.17, 15) is 19.2 Å². The highest BCUT2D eigenvalue weighted by atomic mass is 16.5. The van der Waals surface area contributed by atoms with Crippen molar-refractivity contribution in [3.8, 4) is 5.75 Å². The molecule has 2 aliphatic heterocycles. The molecule has 186 valence electrons. The van der Waals surface area contributed by atoms with Gasteiger partial charge >= 0.3 is 5.97 Å². The molecular formula is C29H30N2O5. The molecule has 4 atom stereocenters. The van der Waals surface area contributed by atoms with E-state index in [4.69, 9.17) is 4.74 Å². The van der Waals surface area contributed by atoms with Crippen molar-refractivity contribution >= 4 is 35.1 Å². The lowest BCUT2D eigenvalue weighted by Crippen LogP contribution is -2.32. The third kappa shape index (κ3) is 4.12. The third-order valence-corrected chi connectivity index (χ3v) is 7.48. The first-order valence-corrected chi connectivity index (χ1v) is 12.4. The van der Waals surface area contributed by atoms with Crippen LogP contribution in [0, 0.1) is 44.4 Å². The van der Waals surface area contributed by atoms with Gasteiger partial charge in [-0.3, -0.25) is 19.2 Å². The van der Waals surface area contributed by atoms with Gasteiger partial charge in [-0.1, -0.05) is 25.1 Å². The van der Waals surface area contributed by atoms with Crippen molar-refractivity contribution in [2.75, 3.05) is 16.3 Å². The number of nitrogens with zero attached hydrogens (tertiary/aromatic N) is 2. The highest BCUT2D eigenvalue weighted by Crippen LogP contribution is 2.41. The van der Waals surface area contributed by atoms with Crippen molar-refractivity contribution in [3.63, 3.8) is 0 Å². The average Bonchev–Trinajstić information content (AvgIpc) is 3.32. The third-order valence-electron chi connectivity index (χ3n) is 7.48. The first-order valence-electron chi connectivity index (χ1n) is 12.4. The number of rotatable bonds is 4. The van der Waals surface area contributed by atoms with Crippen molar-refractivity contribution in [1.82, 2.24) is 0 Å². The minimum Gasteiger partial charge on any atom is -0.426 e. The molecule has 36 heavy (non-hydrogen) atoms. The zero-order valence-corrected chi connectivity index (χ0v) is 21.0. The van der Waals surface area contributed by atoms with E-state index in [0.717, 1.165) is 16.8 Å². The molecule has 0 saturated carbocycles. The number of esters is 1. The van der Waals surface area contributed by atoms with Crippen LogP contribution in [0.1, 0.15) is 36.5 Å². The molecule has 7 nitrogen and oxygen atoms in total. The number of anilines is 2. The number of allylic oxidation sites excluding steroid dienone is 2. The van der Waals surface area contributed by atoms with Crippen LogP contribution >= 0.6 is 0 Å². The summed E-state index contributed by atoms with van der Waals surface area (Å²) in [7, 11) is 0. The van der Waals surface area contributed by atoms with Crippen LogP contribution in [0.3, 0.4) is 0 Å². The molecule has 3 amide bonds. The number of fused-ring (bicyclic) bond motifs is 1. The van der Waals surface area contributed by atoms with Gasteiger partial charge in [0, 0.05) is 18.7 Å². The van der Waals surface area contributed by atoms with E-state index in [1.54, 1.807) is 30.0 Å². The minimum atomic E-state index is -0.572. The number of carbonyl (C=O) groups excluding carboxylic acids is 4. The van der Waals surface area contributed by atoms with Crippen LogP contribution in [0.25, 0.3) is 0 Å². The zero-order chi connectivity index (χ0) is 25.7. The van der Waals surface area contributed by atoms with E-state index in [2.05, 4.69) is 0 Å². The fraction of sp³-hybridized carbons (Fsp3) is 0.379. The van der Waals surface area contributed by atoms with Crippen molar-refractivity contribution in [2.45, 2.75) is 40.5 Å². The molecule has 0 radical (unpaired) electrons. The van der Waals surface area contributed by atoms with Crippen molar-refractivity contribution < 1.29 is 23.9 Å². The maximum Gasteiger partial charge on any atom is 0.316 e. The van der Waals surface area contributed by atoms with Gasteiger partial charge in [0.25, 0.3) is 0 Å². The summed E-state index contributed by atoms with van der Waals surface area (Å²) in [5.41, 5.74) is 4.08. The highest BCUT2D eigenvalue weighted by Gasteiger charge is 2.50. The van der Waals surface area contributed by atoms with E-state index in [1.807, 2.05) is 51.1 Å². The van der Waals surface area contributed by atoms with E-state index < -0.39 is 11.9 Å². The fourth-order valence-corrected chi connectivity index (χ4v) is 5.75. The molecule has 0 unspecified atom stereocenters. The predicted molar refractivity (Wildman–Crippen MR) is 136 cm³/mol. The summed E-state index contributed by atoms with van der Waals surface area (Å²) in [4.78, 5) is 54.7. The first kappa shape index (κ1) is 24.0. The average molecular weight is 487 g/mol. The molecule has 2 fully saturated rings. The summed E-state index contributed by atoms with van der Waals surface area (Å²) in [5.74, 6) is -1.82. The van der Waals surface area contributed by atoms with Gasteiger partial charge in [-0.2, -0.15) is 0 Å². The van der Waals surface area contributed by atoms with Crippen LogP contribution in [0.5, 0.6) is 5.75 Å². The SMILES string of the molecule is Cc1cc(C)cc(N2C[C@@H](C(=O)Oc3ccc(N4C(=O)[C@@H]5[C@H](CC=C[C@@H]5C)C4=O)c(C)c3)CC2=O)c1. The minimum absolute atomic E-state index is 0.0168. The van der Waals surface area contributed by atoms with Crippen molar-refractivity contribution in [1.29, 1.82) is 0 Å². The molecule has 5 rings (SSSR count). The van der Waals surface area contributed by atoms with Gasteiger partial charge in [-0.05, 0) is 80.1 Å². The Morgan fingerprint density at radius 3 is 2.36 bits per heavy atom. The molecular weight excluding hydrogens is 456 g/mol. The number of aryl methyl sites for hydroxylation is 3. The zero-order valence-electron chi connectivity index (χ0n) is 21.0. The number of ether oxygens (including phenoxy) is 1. The summed E-state index contributed by atoms with van der Waals surface area (Å²) < 4.78 is 5.63. The van der Waals surface area contributed by atoms with Gasteiger partial charge < -0.3 is 9.64 Å². The number of hydrogen-bond acceptors (Lipinski definition) is 5. The van der Waals surface area contributed by atoms with Gasteiger partial charge in [0.15, 0.2) is 0 Å².